The summed E-state index contributed by atoms with van der Waals surface area (Å²) in [5, 5.41) is 3.12. The van der Waals surface area contributed by atoms with E-state index in [1.54, 1.807) is 0 Å². The van der Waals surface area contributed by atoms with Crippen LogP contribution in [-0.4, -0.2) is 62.3 Å². The molecule has 49 heavy (non-hydrogen) atoms. The number of allylic oxidation sites excluding steroid dienone is 8. The fourth-order valence-electron chi connectivity index (χ4n) is 5.99. The van der Waals surface area contributed by atoms with Gasteiger partial charge in [-0.05, 0) is 70.6 Å². The minimum atomic E-state index is -0.441. The van der Waals surface area contributed by atoms with Gasteiger partial charge in [0, 0.05) is 26.1 Å². The van der Waals surface area contributed by atoms with Crippen molar-refractivity contribution in [3.8, 4) is 0 Å². The van der Waals surface area contributed by atoms with Crippen LogP contribution in [0.3, 0.4) is 0 Å². The maximum atomic E-state index is 13.1. The third-order valence-electron chi connectivity index (χ3n) is 9.20. The lowest BCUT2D eigenvalue weighted by molar-refractivity contribution is -0.148. The van der Waals surface area contributed by atoms with Gasteiger partial charge in [-0.3, -0.25) is 14.5 Å². The molecule has 0 aromatic carbocycles. The Balaban J connectivity index is 2.10. The SMILES string of the molecule is CCCC/C=C\C/C=C\CCCCCCCCC(=O)OCC(C(=O)NCCCCCCCC/C=C\C/C=C\CCCCC)N1CCOCC1. The molecule has 6 nitrogen and oxygen atoms in total. The Labute approximate surface area is 302 Å². The first-order valence-electron chi connectivity index (χ1n) is 20.5. The molecule has 1 saturated heterocycles. The molecule has 1 heterocycles. The van der Waals surface area contributed by atoms with E-state index >= 15 is 0 Å². The van der Waals surface area contributed by atoms with E-state index in [0.29, 0.717) is 39.3 Å². The van der Waals surface area contributed by atoms with Crippen LogP contribution in [0, 0.1) is 0 Å². The molecule has 0 saturated carbocycles. The van der Waals surface area contributed by atoms with Crippen molar-refractivity contribution in [3.63, 3.8) is 0 Å². The van der Waals surface area contributed by atoms with Crippen LogP contribution in [0.4, 0.5) is 0 Å². The number of hydrogen-bond donors (Lipinski definition) is 1. The van der Waals surface area contributed by atoms with Crippen LogP contribution in [0.2, 0.25) is 0 Å². The molecule has 1 aliphatic rings. The molecule has 282 valence electrons. The zero-order valence-corrected chi connectivity index (χ0v) is 32.0. The van der Waals surface area contributed by atoms with E-state index in [9.17, 15) is 9.59 Å². The molecule has 0 aromatic heterocycles. The first kappa shape index (κ1) is 44.8. The molecular weight excluding hydrogens is 608 g/mol. The van der Waals surface area contributed by atoms with Crippen molar-refractivity contribution in [1.82, 2.24) is 10.2 Å². The third-order valence-corrected chi connectivity index (χ3v) is 9.20. The predicted molar refractivity (Wildman–Crippen MR) is 209 cm³/mol. The van der Waals surface area contributed by atoms with Gasteiger partial charge >= 0.3 is 5.97 Å². The fraction of sp³-hybridized carbons (Fsp3) is 0.767. The van der Waals surface area contributed by atoms with Crippen LogP contribution in [0.15, 0.2) is 48.6 Å². The van der Waals surface area contributed by atoms with E-state index in [1.165, 1.54) is 96.3 Å². The smallest absolute Gasteiger partial charge is 0.305 e. The van der Waals surface area contributed by atoms with Crippen LogP contribution >= 0.6 is 0 Å². The summed E-state index contributed by atoms with van der Waals surface area (Å²) in [6, 6.07) is -0.441. The molecular formula is C43H76N2O4. The number of nitrogens with zero attached hydrogens (tertiary/aromatic N) is 1. The van der Waals surface area contributed by atoms with Gasteiger partial charge in [0.1, 0.15) is 12.6 Å². The number of nitrogens with one attached hydrogen (secondary N) is 1. The highest BCUT2D eigenvalue weighted by molar-refractivity contribution is 5.82. The highest BCUT2D eigenvalue weighted by Crippen LogP contribution is 2.12. The average Bonchev–Trinajstić information content (AvgIpc) is 3.11. The number of morpholine rings is 1. The second-order valence-electron chi connectivity index (χ2n) is 13.7. The van der Waals surface area contributed by atoms with Crippen LogP contribution < -0.4 is 5.32 Å². The van der Waals surface area contributed by atoms with Crippen molar-refractivity contribution >= 4 is 11.9 Å². The van der Waals surface area contributed by atoms with E-state index < -0.39 is 6.04 Å². The topological polar surface area (TPSA) is 67.9 Å². The Morgan fingerprint density at radius 3 is 1.63 bits per heavy atom. The highest BCUT2D eigenvalue weighted by atomic mass is 16.5. The van der Waals surface area contributed by atoms with Gasteiger partial charge in [0.05, 0.1) is 13.2 Å². The van der Waals surface area contributed by atoms with Crippen LogP contribution in [0.5, 0.6) is 0 Å². The quantitative estimate of drug-likeness (QED) is 0.0423. The second kappa shape index (κ2) is 35.6. The maximum absolute atomic E-state index is 13.1. The molecule has 1 atom stereocenters. The minimum Gasteiger partial charge on any atom is -0.463 e. The number of carbonyl (C=O) groups excluding carboxylic acids is 2. The van der Waals surface area contributed by atoms with Gasteiger partial charge in [-0.15, -0.1) is 0 Å². The molecule has 1 N–H and O–H groups in total. The molecule has 1 amide bonds. The van der Waals surface area contributed by atoms with Gasteiger partial charge in [-0.25, -0.2) is 0 Å². The Kier molecular flexibility index (Phi) is 32.6. The van der Waals surface area contributed by atoms with Gasteiger partial charge in [-0.1, -0.05) is 140 Å². The van der Waals surface area contributed by atoms with E-state index in [0.717, 1.165) is 51.4 Å². The number of hydrogen-bond acceptors (Lipinski definition) is 5. The average molecular weight is 685 g/mol. The van der Waals surface area contributed by atoms with Gasteiger partial charge in [-0.2, -0.15) is 0 Å². The summed E-state index contributed by atoms with van der Waals surface area (Å²) in [7, 11) is 0. The number of ether oxygens (including phenoxy) is 2. The summed E-state index contributed by atoms with van der Waals surface area (Å²) in [6.07, 6.45) is 46.0. The maximum Gasteiger partial charge on any atom is 0.305 e. The summed E-state index contributed by atoms with van der Waals surface area (Å²) in [5.74, 6) is -0.222. The highest BCUT2D eigenvalue weighted by Gasteiger charge is 2.28. The summed E-state index contributed by atoms with van der Waals surface area (Å²) in [6.45, 7) is 7.86. The van der Waals surface area contributed by atoms with Crippen molar-refractivity contribution in [2.45, 2.75) is 174 Å². The fourth-order valence-corrected chi connectivity index (χ4v) is 5.99. The van der Waals surface area contributed by atoms with Crippen LogP contribution in [-0.2, 0) is 19.1 Å². The summed E-state index contributed by atoms with van der Waals surface area (Å²) < 4.78 is 11.1. The number of amides is 1. The summed E-state index contributed by atoms with van der Waals surface area (Å²) >= 11 is 0. The molecule has 1 fully saturated rings. The second-order valence-corrected chi connectivity index (χ2v) is 13.7. The molecule has 1 unspecified atom stereocenters. The largest absolute Gasteiger partial charge is 0.463 e. The Hall–Kier alpha value is -2.18. The zero-order chi connectivity index (χ0) is 35.3. The monoisotopic (exact) mass is 685 g/mol. The molecule has 0 bridgehead atoms. The lowest BCUT2D eigenvalue weighted by Gasteiger charge is -2.33. The van der Waals surface area contributed by atoms with Crippen molar-refractivity contribution in [3.05, 3.63) is 48.6 Å². The normalized spacial score (nSPS) is 14.9. The van der Waals surface area contributed by atoms with Gasteiger partial charge in [0.25, 0.3) is 0 Å². The van der Waals surface area contributed by atoms with Crippen molar-refractivity contribution in [1.29, 1.82) is 0 Å². The molecule has 1 aliphatic heterocycles. The van der Waals surface area contributed by atoms with E-state index in [4.69, 9.17) is 9.47 Å². The molecule has 0 aliphatic carbocycles. The molecule has 1 rings (SSSR count). The molecule has 0 radical (unpaired) electrons. The predicted octanol–water partition coefficient (Wildman–Crippen LogP) is 11.0. The Morgan fingerprint density at radius 2 is 1.08 bits per heavy atom. The zero-order valence-electron chi connectivity index (χ0n) is 32.0. The lowest BCUT2D eigenvalue weighted by Crippen LogP contribution is -2.53. The Morgan fingerprint density at radius 1 is 0.612 bits per heavy atom. The standard InChI is InChI=1S/C43H76N2O4/c1-3-5-7-9-11-13-15-17-19-21-23-25-27-29-31-33-35-44-43(47)41(45-36-38-48-39-37-45)40-49-42(46)34-32-30-28-26-24-22-20-18-16-14-12-10-8-6-4-2/h10-13,16-19,41H,3-9,14-15,20-40H2,1-2H3,(H,44,47)/b12-10-,13-11-,18-16-,19-17-. The van der Waals surface area contributed by atoms with Crippen LogP contribution in [0.25, 0.3) is 0 Å². The molecule has 6 heteroatoms. The van der Waals surface area contributed by atoms with Gasteiger partial charge < -0.3 is 14.8 Å². The van der Waals surface area contributed by atoms with Crippen molar-refractivity contribution in [2.75, 3.05) is 39.5 Å². The summed E-state index contributed by atoms with van der Waals surface area (Å²) in [4.78, 5) is 27.7. The van der Waals surface area contributed by atoms with E-state index in [2.05, 4.69) is 72.7 Å². The van der Waals surface area contributed by atoms with Crippen molar-refractivity contribution < 1.29 is 19.1 Å². The van der Waals surface area contributed by atoms with E-state index in [1.807, 2.05) is 0 Å². The third kappa shape index (κ3) is 29.3. The van der Waals surface area contributed by atoms with Crippen LogP contribution in [0.1, 0.15) is 168 Å². The molecule has 0 spiro atoms. The summed E-state index contributed by atoms with van der Waals surface area (Å²) in [5.41, 5.74) is 0. The van der Waals surface area contributed by atoms with E-state index in [-0.39, 0.29) is 18.5 Å². The van der Waals surface area contributed by atoms with Gasteiger partial charge in [0.15, 0.2) is 0 Å². The lowest BCUT2D eigenvalue weighted by atomic mass is 10.1. The first-order valence-corrected chi connectivity index (χ1v) is 20.5. The van der Waals surface area contributed by atoms with Gasteiger partial charge in [0.2, 0.25) is 5.91 Å². The number of esters is 1. The van der Waals surface area contributed by atoms with Crippen molar-refractivity contribution in [2.24, 2.45) is 0 Å². The first-order chi connectivity index (χ1) is 24.2. The Bertz CT molecular complexity index is 875. The molecule has 0 aromatic rings. The number of carbonyl (C=O) groups is 2. The number of unbranched alkanes of at least 4 members (excludes halogenated alkanes) is 17. The minimum absolute atomic E-state index is 0.0319. The number of rotatable bonds is 33.